The molecule has 0 radical (unpaired) electrons. The largest absolute Gasteiger partial charge is 0.497 e. The zero-order valence-electron chi connectivity index (χ0n) is 16.9. The number of aryl methyl sites for hydroxylation is 2. The number of piperazine rings is 1. The predicted molar refractivity (Wildman–Crippen MR) is 110 cm³/mol. The van der Waals surface area contributed by atoms with Gasteiger partial charge in [0, 0.05) is 43.5 Å². The first-order chi connectivity index (χ1) is 14.0. The molecule has 1 fully saturated rings. The minimum Gasteiger partial charge on any atom is -0.497 e. The average Bonchev–Trinajstić information content (AvgIpc) is 3.11. The number of rotatable bonds is 4. The lowest BCUT2D eigenvalue weighted by atomic mass is 10.1. The van der Waals surface area contributed by atoms with E-state index in [2.05, 4.69) is 20.0 Å². The average molecular weight is 392 g/mol. The monoisotopic (exact) mass is 392 g/mol. The van der Waals surface area contributed by atoms with Crippen molar-refractivity contribution < 1.29 is 9.53 Å². The summed E-state index contributed by atoms with van der Waals surface area (Å²) < 4.78 is 6.98. The van der Waals surface area contributed by atoms with Crippen molar-refractivity contribution >= 4 is 11.7 Å². The molecule has 1 aliphatic rings. The van der Waals surface area contributed by atoms with Crippen LogP contribution in [-0.4, -0.2) is 63.8 Å². The highest BCUT2D eigenvalue weighted by Gasteiger charge is 2.23. The molecule has 1 saturated heterocycles. The van der Waals surface area contributed by atoms with Crippen LogP contribution in [0.15, 0.2) is 42.7 Å². The Balaban J connectivity index is 1.43. The van der Waals surface area contributed by atoms with Gasteiger partial charge < -0.3 is 14.5 Å². The number of amides is 1. The maximum atomic E-state index is 12.8. The molecule has 1 aliphatic heterocycles. The number of aromatic nitrogens is 4. The quantitative estimate of drug-likeness (QED) is 0.678. The number of hydrogen-bond acceptors (Lipinski definition) is 6. The number of carbonyl (C=O) groups is 1. The molecule has 8 heteroatoms. The smallest absolute Gasteiger partial charge is 0.253 e. The minimum atomic E-state index is 0.0401. The zero-order chi connectivity index (χ0) is 20.4. The van der Waals surface area contributed by atoms with Gasteiger partial charge in [-0.1, -0.05) is 0 Å². The third kappa shape index (κ3) is 3.91. The normalized spacial score (nSPS) is 14.2. The summed E-state index contributed by atoms with van der Waals surface area (Å²) in [5.41, 5.74) is 2.66. The van der Waals surface area contributed by atoms with E-state index in [-0.39, 0.29) is 5.91 Å². The van der Waals surface area contributed by atoms with Crippen LogP contribution in [0.5, 0.6) is 5.75 Å². The van der Waals surface area contributed by atoms with E-state index >= 15 is 0 Å². The topological polar surface area (TPSA) is 76.4 Å². The summed E-state index contributed by atoms with van der Waals surface area (Å²) in [6.45, 7) is 6.69. The van der Waals surface area contributed by atoms with Crippen LogP contribution in [0.1, 0.15) is 21.7 Å². The van der Waals surface area contributed by atoms with Crippen LogP contribution in [0.2, 0.25) is 0 Å². The summed E-state index contributed by atoms with van der Waals surface area (Å²) in [6, 6.07) is 11.2. The van der Waals surface area contributed by atoms with Crippen molar-refractivity contribution in [2.45, 2.75) is 13.8 Å². The maximum absolute atomic E-state index is 12.8. The Morgan fingerprint density at radius 2 is 1.66 bits per heavy atom. The van der Waals surface area contributed by atoms with E-state index in [0.717, 1.165) is 41.9 Å². The third-order valence-corrected chi connectivity index (χ3v) is 5.09. The molecule has 0 aliphatic carbocycles. The number of anilines is 1. The van der Waals surface area contributed by atoms with Crippen LogP contribution in [0.25, 0.3) is 5.82 Å². The van der Waals surface area contributed by atoms with Gasteiger partial charge >= 0.3 is 0 Å². The second-order valence-corrected chi connectivity index (χ2v) is 7.08. The van der Waals surface area contributed by atoms with E-state index in [9.17, 15) is 4.79 Å². The van der Waals surface area contributed by atoms with Crippen LogP contribution >= 0.6 is 0 Å². The summed E-state index contributed by atoms with van der Waals surface area (Å²) >= 11 is 0. The molecule has 1 amide bonds. The predicted octanol–water partition coefficient (Wildman–Crippen LogP) is 2.25. The Kier molecular flexibility index (Phi) is 5.16. The van der Waals surface area contributed by atoms with Gasteiger partial charge in [-0.15, -0.1) is 0 Å². The summed E-state index contributed by atoms with van der Waals surface area (Å²) in [6.07, 6.45) is 1.57. The van der Waals surface area contributed by atoms with Gasteiger partial charge in [0.1, 0.15) is 17.9 Å². The molecule has 0 spiro atoms. The zero-order valence-corrected chi connectivity index (χ0v) is 16.9. The van der Waals surface area contributed by atoms with Crippen LogP contribution < -0.4 is 9.64 Å². The van der Waals surface area contributed by atoms with Crippen molar-refractivity contribution in [1.29, 1.82) is 0 Å². The first-order valence-corrected chi connectivity index (χ1v) is 9.59. The summed E-state index contributed by atoms with van der Waals surface area (Å²) in [7, 11) is 1.61. The fourth-order valence-electron chi connectivity index (χ4n) is 3.54. The van der Waals surface area contributed by atoms with Crippen LogP contribution in [-0.2, 0) is 0 Å². The molecular weight excluding hydrogens is 368 g/mol. The molecule has 0 unspecified atom stereocenters. The first kappa shape index (κ1) is 18.9. The highest BCUT2D eigenvalue weighted by molar-refractivity contribution is 5.94. The molecule has 0 saturated carbocycles. The number of ether oxygens (including phenoxy) is 1. The molecule has 0 atom stereocenters. The van der Waals surface area contributed by atoms with Gasteiger partial charge in [0.25, 0.3) is 5.91 Å². The van der Waals surface area contributed by atoms with Crippen LogP contribution in [0, 0.1) is 13.8 Å². The van der Waals surface area contributed by atoms with E-state index < -0.39 is 0 Å². The van der Waals surface area contributed by atoms with Gasteiger partial charge in [0.05, 0.1) is 12.8 Å². The SMILES string of the molecule is COc1ccc(C(=O)N2CCN(c3cc(-n4nc(C)cc4C)ncn3)CC2)cc1. The van der Waals surface area contributed by atoms with Gasteiger partial charge in [0.2, 0.25) is 0 Å². The fraction of sp³-hybridized carbons (Fsp3) is 0.333. The van der Waals surface area contributed by atoms with Gasteiger partial charge in [0.15, 0.2) is 5.82 Å². The Morgan fingerprint density at radius 3 is 2.28 bits per heavy atom. The van der Waals surface area contributed by atoms with E-state index in [1.54, 1.807) is 25.6 Å². The van der Waals surface area contributed by atoms with E-state index in [1.165, 1.54) is 0 Å². The molecule has 1 aromatic carbocycles. The number of hydrogen-bond donors (Lipinski definition) is 0. The Morgan fingerprint density at radius 1 is 0.966 bits per heavy atom. The van der Waals surface area contributed by atoms with E-state index in [1.807, 2.05) is 47.7 Å². The molecule has 4 rings (SSSR count). The van der Waals surface area contributed by atoms with Crippen molar-refractivity contribution in [2.75, 3.05) is 38.2 Å². The lowest BCUT2D eigenvalue weighted by molar-refractivity contribution is 0.0746. The van der Waals surface area contributed by atoms with E-state index in [0.29, 0.717) is 18.7 Å². The molecule has 8 nitrogen and oxygen atoms in total. The standard InChI is InChI=1S/C21H24N6O2/c1-15-12-16(2)27(24-15)20-13-19(22-14-23-20)25-8-10-26(11-9-25)21(28)17-4-6-18(29-3)7-5-17/h4-7,12-14H,8-11H2,1-3H3. The van der Waals surface area contributed by atoms with Crippen molar-refractivity contribution in [3.8, 4) is 11.6 Å². The molecular formula is C21H24N6O2. The highest BCUT2D eigenvalue weighted by atomic mass is 16.5. The number of benzene rings is 1. The number of carbonyl (C=O) groups excluding carboxylic acids is 1. The first-order valence-electron chi connectivity index (χ1n) is 9.59. The Hall–Kier alpha value is -3.42. The molecule has 150 valence electrons. The molecule has 3 heterocycles. The summed E-state index contributed by atoms with van der Waals surface area (Å²) in [5, 5.41) is 4.49. The maximum Gasteiger partial charge on any atom is 0.253 e. The fourth-order valence-corrected chi connectivity index (χ4v) is 3.54. The molecule has 2 aromatic heterocycles. The van der Waals surface area contributed by atoms with Gasteiger partial charge in [-0.2, -0.15) is 5.10 Å². The number of nitrogens with zero attached hydrogens (tertiary/aromatic N) is 6. The van der Waals surface area contributed by atoms with E-state index in [4.69, 9.17) is 4.74 Å². The molecule has 29 heavy (non-hydrogen) atoms. The van der Waals surface area contributed by atoms with Crippen molar-refractivity contribution in [3.05, 3.63) is 59.7 Å². The van der Waals surface area contributed by atoms with Gasteiger partial charge in [-0.3, -0.25) is 4.79 Å². The molecule has 0 N–H and O–H groups in total. The summed E-state index contributed by atoms with van der Waals surface area (Å²) in [5.74, 6) is 2.38. The van der Waals surface area contributed by atoms with Crippen molar-refractivity contribution in [3.63, 3.8) is 0 Å². The number of methoxy groups -OCH3 is 1. The van der Waals surface area contributed by atoms with Crippen LogP contribution in [0.3, 0.4) is 0 Å². The summed E-state index contributed by atoms with van der Waals surface area (Å²) in [4.78, 5) is 25.6. The van der Waals surface area contributed by atoms with Crippen LogP contribution in [0.4, 0.5) is 5.82 Å². The third-order valence-electron chi connectivity index (χ3n) is 5.09. The lowest BCUT2D eigenvalue weighted by Gasteiger charge is -2.35. The molecule has 3 aromatic rings. The lowest BCUT2D eigenvalue weighted by Crippen LogP contribution is -2.49. The second-order valence-electron chi connectivity index (χ2n) is 7.08. The molecule has 0 bridgehead atoms. The van der Waals surface area contributed by atoms with Gasteiger partial charge in [-0.25, -0.2) is 14.6 Å². The minimum absolute atomic E-state index is 0.0401. The van der Waals surface area contributed by atoms with Gasteiger partial charge in [-0.05, 0) is 44.2 Å². The second kappa shape index (κ2) is 7.90. The van der Waals surface area contributed by atoms with Crippen molar-refractivity contribution in [1.82, 2.24) is 24.6 Å². The Labute approximate surface area is 169 Å². The highest BCUT2D eigenvalue weighted by Crippen LogP contribution is 2.19. The van der Waals surface area contributed by atoms with Crippen molar-refractivity contribution in [2.24, 2.45) is 0 Å². The Bertz CT molecular complexity index is 1010.